The van der Waals surface area contributed by atoms with E-state index >= 15 is 0 Å². The minimum Gasteiger partial charge on any atom is -0.413 e. The molecule has 0 aliphatic heterocycles. The Balaban J connectivity index is 2.03. The van der Waals surface area contributed by atoms with Crippen molar-refractivity contribution in [1.82, 2.24) is 0 Å². The van der Waals surface area contributed by atoms with Crippen molar-refractivity contribution in [1.29, 1.82) is 0 Å². The number of aryl methyl sites for hydroxylation is 1. The first-order valence-corrected chi connectivity index (χ1v) is 13.3. The zero-order valence-electron chi connectivity index (χ0n) is 18.9. The number of hydrogen-bond donors (Lipinski definition) is 0. The van der Waals surface area contributed by atoms with Crippen LogP contribution in [-0.4, -0.2) is 8.32 Å². The number of nitrogens with zero attached hydrogens (tertiary/aromatic N) is 3. The lowest BCUT2D eigenvalue weighted by Gasteiger charge is -2.36. The first kappa shape index (κ1) is 22.1. The molecule has 0 radical (unpaired) electrons. The summed E-state index contributed by atoms with van der Waals surface area (Å²) in [7, 11) is -1.83. The molecule has 0 atom stereocenters. The van der Waals surface area contributed by atoms with Gasteiger partial charge in [0.25, 0.3) is 0 Å². The molecule has 3 aromatic carbocycles. The molecule has 0 fully saturated rings. The molecule has 3 aromatic rings. The smallest absolute Gasteiger partial charge is 0.192 e. The van der Waals surface area contributed by atoms with Crippen LogP contribution < -0.4 is 0 Å². The number of benzene rings is 3. The van der Waals surface area contributed by atoms with E-state index in [1.807, 2.05) is 24.3 Å². The summed E-state index contributed by atoms with van der Waals surface area (Å²) in [6.07, 6.45) is 0.727. The van der Waals surface area contributed by atoms with Gasteiger partial charge in [-0.1, -0.05) is 80.5 Å². The van der Waals surface area contributed by atoms with Crippen LogP contribution in [0.2, 0.25) is 18.1 Å². The van der Waals surface area contributed by atoms with Crippen LogP contribution in [0.1, 0.15) is 43.0 Å². The van der Waals surface area contributed by atoms with Gasteiger partial charge in [-0.25, -0.2) is 0 Å². The van der Waals surface area contributed by atoms with Gasteiger partial charge in [-0.2, -0.15) is 0 Å². The van der Waals surface area contributed by atoms with Crippen molar-refractivity contribution < 1.29 is 4.43 Å². The van der Waals surface area contributed by atoms with Crippen LogP contribution >= 0.6 is 0 Å². The van der Waals surface area contributed by atoms with E-state index in [2.05, 4.69) is 81.1 Å². The summed E-state index contributed by atoms with van der Waals surface area (Å²) in [4.78, 5) is 2.99. The summed E-state index contributed by atoms with van der Waals surface area (Å²) in [6.45, 7) is 14.2. The minimum absolute atomic E-state index is 0.183. The summed E-state index contributed by atoms with van der Waals surface area (Å²) in [5.74, 6) is 0. The lowest BCUT2D eigenvalue weighted by atomic mass is 9.91. The highest BCUT2D eigenvalue weighted by atomic mass is 28.4. The van der Waals surface area contributed by atoms with Crippen molar-refractivity contribution in [3.05, 3.63) is 87.3 Å². The van der Waals surface area contributed by atoms with Crippen LogP contribution in [0.3, 0.4) is 0 Å². The molecule has 0 heterocycles. The standard InChI is InChI=1S/C25H31N3OSi/c1-18-15-20(17-29-30(5,6)25(2,3)4)21-12-8-9-13-22(21)23(18)16-19-11-7-10-14-24(19)27-28-26/h7-15H,16-17H2,1-6H3. The second-order valence-electron chi connectivity index (χ2n) is 9.42. The zero-order chi connectivity index (χ0) is 21.9. The van der Waals surface area contributed by atoms with Gasteiger partial charge in [-0.15, -0.1) is 0 Å². The molecule has 0 bridgehead atoms. The molecule has 0 aromatic heterocycles. The molecule has 3 rings (SSSR count). The summed E-state index contributed by atoms with van der Waals surface area (Å²) < 4.78 is 6.54. The van der Waals surface area contributed by atoms with E-state index in [-0.39, 0.29) is 5.04 Å². The van der Waals surface area contributed by atoms with Gasteiger partial charge >= 0.3 is 0 Å². The predicted molar refractivity (Wildman–Crippen MR) is 129 cm³/mol. The SMILES string of the molecule is Cc1cc(CO[Si](C)(C)C(C)(C)C)c2ccccc2c1Cc1ccccc1N=[N+]=[N-]. The molecule has 0 saturated heterocycles. The monoisotopic (exact) mass is 417 g/mol. The fourth-order valence-corrected chi connectivity index (χ4v) is 4.44. The zero-order valence-corrected chi connectivity index (χ0v) is 19.9. The summed E-state index contributed by atoms with van der Waals surface area (Å²) in [6, 6.07) is 18.6. The van der Waals surface area contributed by atoms with Crippen LogP contribution in [0.5, 0.6) is 0 Å². The highest BCUT2D eigenvalue weighted by molar-refractivity contribution is 6.74. The molecule has 0 amide bonds. The van der Waals surface area contributed by atoms with E-state index in [1.54, 1.807) is 0 Å². The largest absolute Gasteiger partial charge is 0.413 e. The van der Waals surface area contributed by atoms with Crippen molar-refractivity contribution >= 4 is 24.8 Å². The van der Waals surface area contributed by atoms with Crippen LogP contribution in [0.15, 0.2) is 59.7 Å². The maximum atomic E-state index is 8.90. The lowest BCUT2D eigenvalue weighted by molar-refractivity contribution is 0.277. The molecule has 0 unspecified atom stereocenters. The number of fused-ring (bicyclic) bond motifs is 1. The van der Waals surface area contributed by atoms with Crippen LogP contribution in [-0.2, 0) is 17.5 Å². The average molecular weight is 418 g/mol. The Labute approximate surface area is 180 Å². The van der Waals surface area contributed by atoms with E-state index in [4.69, 9.17) is 9.96 Å². The minimum atomic E-state index is -1.83. The van der Waals surface area contributed by atoms with Gasteiger partial charge in [0.05, 0.1) is 6.61 Å². The Kier molecular flexibility index (Phi) is 6.37. The van der Waals surface area contributed by atoms with Gasteiger partial charge < -0.3 is 4.43 Å². The fourth-order valence-electron chi connectivity index (χ4n) is 3.49. The Morgan fingerprint density at radius 2 is 1.60 bits per heavy atom. The molecule has 0 aliphatic rings. The van der Waals surface area contributed by atoms with Gasteiger partial charge in [-0.3, -0.25) is 0 Å². The van der Waals surface area contributed by atoms with Crippen molar-refractivity contribution in [3.63, 3.8) is 0 Å². The highest BCUT2D eigenvalue weighted by Crippen LogP contribution is 2.38. The molecule has 0 N–H and O–H groups in total. The maximum Gasteiger partial charge on any atom is 0.192 e. The van der Waals surface area contributed by atoms with Gasteiger partial charge in [0, 0.05) is 10.6 Å². The first-order chi connectivity index (χ1) is 14.1. The van der Waals surface area contributed by atoms with E-state index in [0.717, 1.165) is 12.0 Å². The van der Waals surface area contributed by atoms with E-state index in [0.29, 0.717) is 12.3 Å². The quantitative estimate of drug-likeness (QED) is 0.172. The Hall–Kier alpha value is -2.59. The van der Waals surface area contributed by atoms with Crippen LogP contribution in [0.4, 0.5) is 5.69 Å². The molecule has 0 spiro atoms. The highest BCUT2D eigenvalue weighted by Gasteiger charge is 2.37. The first-order valence-electron chi connectivity index (χ1n) is 10.4. The van der Waals surface area contributed by atoms with Crippen LogP contribution in [0.25, 0.3) is 21.2 Å². The maximum absolute atomic E-state index is 8.90. The van der Waals surface area contributed by atoms with Gasteiger partial charge in [0.1, 0.15) is 0 Å². The second-order valence-corrected chi connectivity index (χ2v) is 14.2. The normalized spacial score (nSPS) is 12.1. The number of hydrogen-bond acceptors (Lipinski definition) is 2. The number of rotatable bonds is 6. The Morgan fingerprint density at radius 1 is 0.967 bits per heavy atom. The molecule has 4 nitrogen and oxygen atoms in total. The summed E-state index contributed by atoms with van der Waals surface area (Å²) >= 11 is 0. The summed E-state index contributed by atoms with van der Waals surface area (Å²) in [5, 5.41) is 6.53. The molecule has 156 valence electrons. The van der Waals surface area contributed by atoms with Crippen molar-refractivity contribution in [2.75, 3.05) is 0 Å². The third-order valence-corrected chi connectivity index (χ3v) is 10.8. The number of azide groups is 1. The van der Waals surface area contributed by atoms with Gasteiger partial charge in [0.2, 0.25) is 0 Å². The third-order valence-electron chi connectivity index (χ3n) is 6.37. The van der Waals surface area contributed by atoms with Crippen molar-refractivity contribution in [2.24, 2.45) is 5.11 Å². The molecule has 30 heavy (non-hydrogen) atoms. The molecular formula is C25H31N3OSi. The average Bonchev–Trinajstić information content (AvgIpc) is 2.69. The third kappa shape index (κ3) is 4.59. The van der Waals surface area contributed by atoms with E-state index in [9.17, 15) is 0 Å². The molecular weight excluding hydrogens is 386 g/mol. The molecule has 0 saturated carbocycles. The van der Waals surface area contributed by atoms with E-state index < -0.39 is 8.32 Å². The Bertz CT molecular complexity index is 1110. The Morgan fingerprint density at radius 3 is 2.27 bits per heavy atom. The fraction of sp³-hybridized carbons (Fsp3) is 0.360. The topological polar surface area (TPSA) is 58.0 Å². The summed E-state index contributed by atoms with van der Waals surface area (Å²) in [5.41, 5.74) is 14.4. The van der Waals surface area contributed by atoms with Gasteiger partial charge in [0.15, 0.2) is 8.32 Å². The van der Waals surface area contributed by atoms with E-state index in [1.165, 1.54) is 27.5 Å². The second kappa shape index (κ2) is 8.64. The molecule has 5 heteroatoms. The predicted octanol–water partition coefficient (Wildman–Crippen LogP) is 8.20. The van der Waals surface area contributed by atoms with Crippen molar-refractivity contribution in [3.8, 4) is 0 Å². The van der Waals surface area contributed by atoms with Gasteiger partial charge in [-0.05, 0) is 70.0 Å². The molecule has 0 aliphatic carbocycles. The van der Waals surface area contributed by atoms with Crippen LogP contribution in [0, 0.1) is 6.92 Å². The van der Waals surface area contributed by atoms with Crippen molar-refractivity contribution in [2.45, 2.75) is 58.9 Å². The lowest BCUT2D eigenvalue weighted by Crippen LogP contribution is -2.40.